The van der Waals surface area contributed by atoms with E-state index in [0.29, 0.717) is 24.2 Å². The van der Waals surface area contributed by atoms with Gasteiger partial charge in [0.15, 0.2) is 0 Å². The number of halogens is 1. The van der Waals surface area contributed by atoms with Gasteiger partial charge in [0.05, 0.1) is 11.0 Å². The third-order valence-electron chi connectivity index (χ3n) is 5.37. The van der Waals surface area contributed by atoms with Gasteiger partial charge in [-0.15, -0.1) is 0 Å². The first-order valence-electron chi connectivity index (χ1n) is 7.68. The fourth-order valence-corrected chi connectivity index (χ4v) is 5.38. The van der Waals surface area contributed by atoms with Crippen LogP contribution in [0, 0.1) is 12.3 Å². The van der Waals surface area contributed by atoms with Crippen molar-refractivity contribution in [3.8, 4) is 0 Å². The van der Waals surface area contributed by atoms with Crippen molar-refractivity contribution in [1.29, 1.82) is 0 Å². The molecule has 3 rings (SSSR count). The van der Waals surface area contributed by atoms with Crippen LogP contribution in [0.15, 0.2) is 23.1 Å². The quantitative estimate of drug-likeness (QED) is 0.846. The summed E-state index contributed by atoms with van der Waals surface area (Å²) < 4.78 is 32.6. The van der Waals surface area contributed by atoms with Crippen molar-refractivity contribution in [2.24, 2.45) is 5.41 Å². The van der Waals surface area contributed by atoms with Crippen LogP contribution in [0.25, 0.3) is 0 Å². The lowest BCUT2D eigenvalue weighted by atomic mass is 9.61. The summed E-state index contributed by atoms with van der Waals surface area (Å²) in [4.78, 5) is 0.288. The SMILES string of the molecule is COC1CCC12CCN(S(=O)(=O)c1ccc(C)c(Cl)c1)CC2. The van der Waals surface area contributed by atoms with Gasteiger partial charge in [-0.2, -0.15) is 4.31 Å². The Morgan fingerprint density at radius 2 is 1.95 bits per heavy atom. The Balaban J connectivity index is 1.76. The Morgan fingerprint density at radius 1 is 1.27 bits per heavy atom. The van der Waals surface area contributed by atoms with Crippen molar-refractivity contribution in [3.05, 3.63) is 28.8 Å². The predicted octanol–water partition coefficient (Wildman–Crippen LogP) is 3.23. The number of ether oxygens (including phenoxy) is 1. The van der Waals surface area contributed by atoms with Gasteiger partial charge in [0.2, 0.25) is 10.0 Å². The topological polar surface area (TPSA) is 46.6 Å². The van der Waals surface area contributed by atoms with E-state index in [2.05, 4.69) is 0 Å². The van der Waals surface area contributed by atoms with E-state index < -0.39 is 10.0 Å². The molecule has 1 unspecified atom stereocenters. The molecule has 6 heteroatoms. The average molecular weight is 344 g/mol. The number of piperidine rings is 1. The number of aryl methyl sites for hydroxylation is 1. The highest BCUT2D eigenvalue weighted by molar-refractivity contribution is 7.89. The van der Waals surface area contributed by atoms with E-state index in [0.717, 1.165) is 31.2 Å². The maximum absolute atomic E-state index is 12.8. The summed E-state index contributed by atoms with van der Waals surface area (Å²) in [6, 6.07) is 4.95. The summed E-state index contributed by atoms with van der Waals surface area (Å²) in [5, 5.41) is 0.494. The molecule has 0 bridgehead atoms. The molecule has 1 aromatic carbocycles. The molecule has 2 fully saturated rings. The molecule has 1 aromatic rings. The van der Waals surface area contributed by atoms with Crippen molar-refractivity contribution >= 4 is 21.6 Å². The molecule has 122 valence electrons. The first kappa shape index (κ1) is 16.2. The Hall–Kier alpha value is -0.620. The van der Waals surface area contributed by atoms with Gasteiger partial charge < -0.3 is 4.74 Å². The molecule has 1 aliphatic heterocycles. The Labute approximate surface area is 137 Å². The number of nitrogens with zero attached hydrogens (tertiary/aromatic N) is 1. The molecule has 0 aromatic heterocycles. The van der Waals surface area contributed by atoms with E-state index in [1.54, 1.807) is 29.6 Å². The van der Waals surface area contributed by atoms with E-state index in [4.69, 9.17) is 16.3 Å². The molecule has 2 aliphatic rings. The van der Waals surface area contributed by atoms with Gasteiger partial charge in [0, 0.05) is 25.2 Å². The highest BCUT2D eigenvalue weighted by Crippen LogP contribution is 2.51. The average Bonchev–Trinajstić information content (AvgIpc) is 2.49. The van der Waals surface area contributed by atoms with Crippen LogP contribution in [0.2, 0.25) is 5.02 Å². The lowest BCUT2D eigenvalue weighted by Gasteiger charge is -2.52. The molecule has 1 saturated heterocycles. The number of benzene rings is 1. The van der Waals surface area contributed by atoms with E-state index in [1.807, 2.05) is 6.92 Å². The fourth-order valence-electron chi connectivity index (χ4n) is 3.67. The van der Waals surface area contributed by atoms with E-state index in [9.17, 15) is 8.42 Å². The lowest BCUT2D eigenvalue weighted by molar-refractivity contribution is -0.113. The van der Waals surface area contributed by atoms with Crippen LogP contribution in [0.3, 0.4) is 0 Å². The second-order valence-corrected chi connectivity index (χ2v) is 8.79. The summed E-state index contributed by atoms with van der Waals surface area (Å²) in [7, 11) is -1.70. The zero-order chi connectivity index (χ0) is 16.0. The van der Waals surface area contributed by atoms with Gasteiger partial charge in [-0.3, -0.25) is 0 Å². The molecule has 4 nitrogen and oxygen atoms in total. The number of sulfonamides is 1. The minimum atomic E-state index is -3.45. The molecular formula is C16H22ClNO3S. The van der Waals surface area contributed by atoms with Gasteiger partial charge in [0.1, 0.15) is 0 Å². The van der Waals surface area contributed by atoms with Crippen LogP contribution in [0.1, 0.15) is 31.2 Å². The zero-order valence-corrected chi connectivity index (χ0v) is 14.6. The van der Waals surface area contributed by atoms with Crippen molar-refractivity contribution in [1.82, 2.24) is 4.31 Å². The second kappa shape index (κ2) is 5.78. The molecule has 1 spiro atoms. The van der Waals surface area contributed by atoms with Gasteiger partial charge >= 0.3 is 0 Å². The minimum absolute atomic E-state index is 0.200. The monoisotopic (exact) mass is 343 g/mol. The second-order valence-electron chi connectivity index (χ2n) is 6.44. The highest BCUT2D eigenvalue weighted by Gasteiger charge is 2.49. The molecular weight excluding hydrogens is 322 g/mol. The predicted molar refractivity (Wildman–Crippen MR) is 86.6 cm³/mol. The summed E-state index contributed by atoms with van der Waals surface area (Å²) in [6.45, 7) is 2.99. The van der Waals surface area contributed by atoms with Gasteiger partial charge in [-0.25, -0.2) is 8.42 Å². The Kier molecular flexibility index (Phi) is 4.27. The minimum Gasteiger partial charge on any atom is -0.381 e. The first-order valence-corrected chi connectivity index (χ1v) is 9.50. The Morgan fingerprint density at radius 3 is 2.45 bits per heavy atom. The summed E-state index contributed by atoms with van der Waals surface area (Å²) in [6.07, 6.45) is 4.30. The smallest absolute Gasteiger partial charge is 0.243 e. The third kappa shape index (κ3) is 2.58. The maximum atomic E-state index is 12.8. The van der Waals surface area contributed by atoms with E-state index in [-0.39, 0.29) is 10.3 Å². The standard InChI is InChI=1S/C16H22ClNO3S/c1-12-3-4-13(11-14(12)17)22(19,20)18-9-7-16(8-10-18)6-5-15(16)21-2/h3-4,11,15H,5-10H2,1-2H3. The molecule has 0 radical (unpaired) electrons. The number of hydrogen-bond acceptors (Lipinski definition) is 3. The molecule has 0 N–H and O–H groups in total. The number of methoxy groups -OCH3 is 1. The Bertz CT molecular complexity index is 664. The normalized spacial score (nSPS) is 25.1. The number of hydrogen-bond donors (Lipinski definition) is 0. The van der Waals surface area contributed by atoms with Crippen LogP contribution in [0.5, 0.6) is 0 Å². The fraction of sp³-hybridized carbons (Fsp3) is 0.625. The van der Waals surface area contributed by atoms with Gasteiger partial charge in [0.25, 0.3) is 0 Å². The van der Waals surface area contributed by atoms with Crippen molar-refractivity contribution < 1.29 is 13.2 Å². The molecule has 1 heterocycles. The number of rotatable bonds is 3. The first-order chi connectivity index (χ1) is 10.4. The third-order valence-corrected chi connectivity index (χ3v) is 7.67. The lowest BCUT2D eigenvalue weighted by Crippen LogP contribution is -2.53. The molecule has 1 aliphatic carbocycles. The molecule has 22 heavy (non-hydrogen) atoms. The van der Waals surface area contributed by atoms with Crippen molar-refractivity contribution in [2.75, 3.05) is 20.2 Å². The molecule has 0 amide bonds. The van der Waals surface area contributed by atoms with E-state index >= 15 is 0 Å². The van der Waals surface area contributed by atoms with Gasteiger partial charge in [-0.05, 0) is 55.7 Å². The molecule has 1 saturated carbocycles. The summed E-state index contributed by atoms with van der Waals surface area (Å²) >= 11 is 6.07. The summed E-state index contributed by atoms with van der Waals surface area (Å²) in [5.74, 6) is 0. The van der Waals surface area contributed by atoms with Crippen LogP contribution in [0.4, 0.5) is 0 Å². The van der Waals surface area contributed by atoms with Crippen LogP contribution >= 0.6 is 11.6 Å². The van der Waals surface area contributed by atoms with Crippen LogP contribution < -0.4 is 0 Å². The molecule has 1 atom stereocenters. The maximum Gasteiger partial charge on any atom is 0.243 e. The summed E-state index contributed by atoms with van der Waals surface area (Å²) in [5.41, 5.74) is 1.08. The van der Waals surface area contributed by atoms with Crippen LogP contribution in [-0.4, -0.2) is 39.0 Å². The van der Waals surface area contributed by atoms with Crippen molar-refractivity contribution in [3.63, 3.8) is 0 Å². The van der Waals surface area contributed by atoms with Crippen molar-refractivity contribution in [2.45, 2.75) is 43.6 Å². The van der Waals surface area contributed by atoms with E-state index in [1.165, 1.54) is 0 Å². The van der Waals surface area contributed by atoms with Crippen LogP contribution in [-0.2, 0) is 14.8 Å². The zero-order valence-electron chi connectivity index (χ0n) is 13.0. The largest absolute Gasteiger partial charge is 0.381 e. The highest BCUT2D eigenvalue weighted by atomic mass is 35.5. The van der Waals surface area contributed by atoms with Gasteiger partial charge in [-0.1, -0.05) is 17.7 Å².